The molecule has 35 heavy (non-hydrogen) atoms. The minimum absolute atomic E-state index is 0.0997. The molecule has 7 rings (SSSR count). The number of hydrogen-bond donors (Lipinski definition) is 0. The van der Waals surface area contributed by atoms with Crippen molar-refractivity contribution in [1.82, 2.24) is 19.9 Å². The van der Waals surface area contributed by atoms with Gasteiger partial charge in [-0.1, -0.05) is 68.5 Å². The largest absolute Gasteiger partial charge is 0.300 e. The fourth-order valence-corrected chi connectivity index (χ4v) is 5.85. The molecular weight excluding hydrogens is 432 g/mol. The standard InChI is InChI=1S/C29H24N6/c1-29(2)21-10-4-6-12-24(21)35(28-32-17-8-18-33-28)26-22(29)14-13-20-19-9-3-5-11-23(19)34(25(20)26)27-30-15-7-16-31-27/h3-19,23H,1-2H3. The van der Waals surface area contributed by atoms with Crippen LogP contribution in [0.1, 0.15) is 36.5 Å². The van der Waals surface area contributed by atoms with E-state index in [-0.39, 0.29) is 17.4 Å². The van der Waals surface area contributed by atoms with E-state index >= 15 is 0 Å². The molecule has 1 aliphatic carbocycles. The Morgan fingerprint density at radius 1 is 0.686 bits per heavy atom. The van der Waals surface area contributed by atoms with Crippen molar-refractivity contribution in [3.05, 3.63) is 114 Å². The second kappa shape index (κ2) is 7.34. The molecule has 4 heterocycles. The molecule has 0 radical (unpaired) electrons. The molecule has 2 aromatic carbocycles. The second-order valence-electron chi connectivity index (χ2n) is 9.63. The third-order valence-electron chi connectivity index (χ3n) is 7.42. The van der Waals surface area contributed by atoms with Gasteiger partial charge in [0.1, 0.15) is 0 Å². The quantitative estimate of drug-likeness (QED) is 0.363. The van der Waals surface area contributed by atoms with Crippen LogP contribution >= 0.6 is 0 Å². The molecule has 2 aromatic heterocycles. The predicted molar refractivity (Wildman–Crippen MR) is 138 cm³/mol. The van der Waals surface area contributed by atoms with Crippen LogP contribution in [0.3, 0.4) is 0 Å². The fraction of sp³-hybridized carbons (Fsp3) is 0.172. The van der Waals surface area contributed by atoms with Gasteiger partial charge in [0.25, 0.3) is 0 Å². The summed E-state index contributed by atoms with van der Waals surface area (Å²) in [6.07, 6.45) is 16.0. The molecule has 0 amide bonds. The van der Waals surface area contributed by atoms with Crippen molar-refractivity contribution in [2.75, 3.05) is 9.80 Å². The smallest absolute Gasteiger partial charge is 0.234 e. The first-order chi connectivity index (χ1) is 17.2. The van der Waals surface area contributed by atoms with Crippen LogP contribution in [0.25, 0.3) is 0 Å². The van der Waals surface area contributed by atoms with E-state index in [1.54, 1.807) is 12.4 Å². The molecular formula is C29H24N6. The summed E-state index contributed by atoms with van der Waals surface area (Å²) in [6, 6.07) is 17.0. The molecule has 0 saturated heterocycles. The zero-order chi connectivity index (χ0) is 23.6. The van der Waals surface area contributed by atoms with Gasteiger partial charge in [0, 0.05) is 36.1 Å². The molecule has 2 aliphatic heterocycles. The van der Waals surface area contributed by atoms with Gasteiger partial charge < -0.3 is 4.90 Å². The summed E-state index contributed by atoms with van der Waals surface area (Å²) in [6.45, 7) is 4.59. The van der Waals surface area contributed by atoms with Gasteiger partial charge in [-0.2, -0.15) is 0 Å². The van der Waals surface area contributed by atoms with Gasteiger partial charge in [0.2, 0.25) is 11.9 Å². The molecule has 3 aliphatic rings. The van der Waals surface area contributed by atoms with Crippen molar-refractivity contribution in [2.45, 2.75) is 31.2 Å². The van der Waals surface area contributed by atoms with Gasteiger partial charge in [-0.15, -0.1) is 0 Å². The van der Waals surface area contributed by atoms with E-state index in [1.165, 1.54) is 16.7 Å². The number of allylic oxidation sites excluding steroid dienone is 2. The van der Waals surface area contributed by atoms with E-state index < -0.39 is 0 Å². The van der Waals surface area contributed by atoms with Gasteiger partial charge in [-0.05, 0) is 34.9 Å². The molecule has 0 bridgehead atoms. The number of aromatic nitrogens is 4. The lowest BCUT2D eigenvalue weighted by Gasteiger charge is -2.42. The summed E-state index contributed by atoms with van der Waals surface area (Å²) in [5, 5.41) is 0. The first-order valence-corrected chi connectivity index (χ1v) is 11.9. The molecule has 0 fully saturated rings. The summed E-state index contributed by atoms with van der Waals surface area (Å²) in [5.74, 6) is 1.56. The van der Waals surface area contributed by atoms with Gasteiger partial charge in [0.05, 0.1) is 23.1 Å². The predicted octanol–water partition coefficient (Wildman–Crippen LogP) is 6.11. The molecule has 2 atom stereocenters. The van der Waals surface area contributed by atoms with E-state index in [9.17, 15) is 0 Å². The highest BCUT2D eigenvalue weighted by Crippen LogP contribution is 2.59. The van der Waals surface area contributed by atoms with Crippen LogP contribution in [-0.4, -0.2) is 26.0 Å². The molecule has 0 spiro atoms. The van der Waals surface area contributed by atoms with E-state index in [2.05, 4.69) is 94.3 Å². The van der Waals surface area contributed by atoms with Crippen molar-refractivity contribution in [2.24, 2.45) is 0 Å². The monoisotopic (exact) mass is 456 g/mol. The number of anilines is 5. The van der Waals surface area contributed by atoms with Gasteiger partial charge in [-0.25, -0.2) is 19.9 Å². The van der Waals surface area contributed by atoms with Crippen LogP contribution < -0.4 is 9.80 Å². The molecule has 4 aromatic rings. The van der Waals surface area contributed by atoms with Gasteiger partial charge in [0.15, 0.2) is 0 Å². The van der Waals surface area contributed by atoms with E-state index in [4.69, 9.17) is 9.97 Å². The Hall–Kier alpha value is -4.32. The van der Waals surface area contributed by atoms with Crippen molar-refractivity contribution >= 4 is 29.0 Å². The Bertz CT molecular complexity index is 1490. The van der Waals surface area contributed by atoms with Crippen molar-refractivity contribution < 1.29 is 0 Å². The van der Waals surface area contributed by atoms with Crippen molar-refractivity contribution in [3.63, 3.8) is 0 Å². The zero-order valence-electron chi connectivity index (χ0n) is 19.6. The van der Waals surface area contributed by atoms with Crippen LogP contribution in [0.2, 0.25) is 0 Å². The highest BCUT2D eigenvalue weighted by Gasteiger charge is 2.46. The Kier molecular flexibility index (Phi) is 4.21. The number of rotatable bonds is 2. The molecule has 2 unspecified atom stereocenters. The molecule has 0 saturated carbocycles. The van der Waals surface area contributed by atoms with Crippen LogP contribution in [0.5, 0.6) is 0 Å². The lowest BCUT2D eigenvalue weighted by atomic mass is 9.73. The maximum atomic E-state index is 4.70. The maximum Gasteiger partial charge on any atom is 0.234 e. The zero-order valence-corrected chi connectivity index (χ0v) is 19.6. The van der Waals surface area contributed by atoms with Crippen molar-refractivity contribution in [1.29, 1.82) is 0 Å². The molecule has 0 N–H and O–H groups in total. The lowest BCUT2D eigenvalue weighted by molar-refractivity contribution is 0.630. The molecule has 6 nitrogen and oxygen atoms in total. The van der Waals surface area contributed by atoms with E-state index in [0.29, 0.717) is 11.9 Å². The first kappa shape index (κ1) is 20.1. The summed E-state index contributed by atoms with van der Waals surface area (Å²) in [5.41, 5.74) is 6.84. The average molecular weight is 457 g/mol. The lowest BCUT2D eigenvalue weighted by Crippen LogP contribution is -2.34. The Morgan fingerprint density at radius 2 is 1.37 bits per heavy atom. The Balaban J connectivity index is 1.59. The topological polar surface area (TPSA) is 58.0 Å². The Labute approximate surface area is 204 Å². The Morgan fingerprint density at radius 3 is 2.14 bits per heavy atom. The van der Waals surface area contributed by atoms with Gasteiger partial charge >= 0.3 is 0 Å². The fourth-order valence-electron chi connectivity index (χ4n) is 5.85. The normalized spacial score (nSPS) is 20.7. The number of benzene rings is 2. The summed E-state index contributed by atoms with van der Waals surface area (Å²) in [4.78, 5) is 23.3. The SMILES string of the molecule is CC1(C)c2ccccc2N(c2ncccn2)c2c1ccc1c2N(c2ncccn2)C2C=CC=CC12. The summed E-state index contributed by atoms with van der Waals surface area (Å²) < 4.78 is 0. The van der Waals surface area contributed by atoms with E-state index in [0.717, 1.165) is 17.1 Å². The number of nitrogens with zero attached hydrogens (tertiary/aromatic N) is 6. The minimum Gasteiger partial charge on any atom is -0.300 e. The highest BCUT2D eigenvalue weighted by molar-refractivity contribution is 5.95. The van der Waals surface area contributed by atoms with E-state index in [1.807, 2.05) is 24.5 Å². The number of fused-ring (bicyclic) bond motifs is 6. The van der Waals surface area contributed by atoms with Crippen LogP contribution in [-0.2, 0) is 5.41 Å². The first-order valence-electron chi connectivity index (χ1n) is 11.9. The number of hydrogen-bond acceptors (Lipinski definition) is 6. The second-order valence-corrected chi connectivity index (χ2v) is 9.63. The molecule has 6 heteroatoms. The average Bonchev–Trinajstić information content (AvgIpc) is 3.25. The van der Waals surface area contributed by atoms with Crippen LogP contribution in [0.15, 0.2) is 97.6 Å². The summed E-state index contributed by atoms with van der Waals surface area (Å²) >= 11 is 0. The van der Waals surface area contributed by atoms with Crippen LogP contribution in [0, 0.1) is 0 Å². The highest BCUT2D eigenvalue weighted by atomic mass is 15.3. The number of para-hydroxylation sites is 1. The maximum absolute atomic E-state index is 4.70. The molecule has 170 valence electrons. The third kappa shape index (κ3) is 2.77. The third-order valence-corrected chi connectivity index (χ3v) is 7.42. The summed E-state index contributed by atoms with van der Waals surface area (Å²) in [7, 11) is 0. The van der Waals surface area contributed by atoms with Crippen LogP contribution in [0.4, 0.5) is 29.0 Å². The van der Waals surface area contributed by atoms with Crippen molar-refractivity contribution in [3.8, 4) is 0 Å². The minimum atomic E-state index is -0.213. The van der Waals surface area contributed by atoms with Gasteiger partial charge in [-0.3, -0.25) is 4.90 Å².